The highest BCUT2D eigenvalue weighted by molar-refractivity contribution is 5.72. The number of aliphatic hydroxyl groups is 1. The molecule has 0 aromatic carbocycles. The molecule has 0 rings (SSSR count). The van der Waals surface area contributed by atoms with Gasteiger partial charge < -0.3 is 10.4 Å². The predicted molar refractivity (Wildman–Crippen MR) is 61.7 cm³/mol. The van der Waals surface area contributed by atoms with Gasteiger partial charge in [-0.15, -0.1) is 0 Å². The lowest BCUT2D eigenvalue weighted by Gasteiger charge is -2.28. The second-order valence-electron chi connectivity index (χ2n) is 4.13. The van der Waals surface area contributed by atoms with Crippen molar-refractivity contribution in [1.29, 1.82) is 0 Å². The fourth-order valence-electron chi connectivity index (χ4n) is 1.34. The molecule has 0 bridgehead atoms. The summed E-state index contributed by atoms with van der Waals surface area (Å²) >= 11 is 0. The van der Waals surface area contributed by atoms with Crippen molar-refractivity contribution in [2.24, 2.45) is 0 Å². The van der Waals surface area contributed by atoms with Gasteiger partial charge in [0.1, 0.15) is 0 Å². The third-order valence-corrected chi connectivity index (χ3v) is 2.42. The smallest absolute Gasteiger partial charge is 0.216 e. The molecule has 0 fully saturated rings. The van der Waals surface area contributed by atoms with Crippen LogP contribution in [0.3, 0.4) is 0 Å². The van der Waals surface area contributed by atoms with E-state index >= 15 is 0 Å². The van der Waals surface area contributed by atoms with Gasteiger partial charge in [0.15, 0.2) is 0 Å². The van der Waals surface area contributed by atoms with Crippen molar-refractivity contribution in [1.82, 2.24) is 10.2 Å². The van der Waals surface area contributed by atoms with Crippen LogP contribution in [0.15, 0.2) is 0 Å². The summed E-state index contributed by atoms with van der Waals surface area (Å²) in [4.78, 5) is 12.9. The van der Waals surface area contributed by atoms with E-state index in [1.807, 2.05) is 6.92 Å². The largest absolute Gasteiger partial charge is 0.392 e. The van der Waals surface area contributed by atoms with E-state index in [4.69, 9.17) is 0 Å². The summed E-state index contributed by atoms with van der Waals surface area (Å²) in [6.45, 7) is 9.77. The zero-order valence-electron chi connectivity index (χ0n) is 10.3. The Kier molecular flexibility index (Phi) is 7.34. The first-order valence-electron chi connectivity index (χ1n) is 5.63. The molecule has 4 nitrogen and oxygen atoms in total. The summed E-state index contributed by atoms with van der Waals surface area (Å²) in [6, 6.07) is 0.389. The first-order valence-corrected chi connectivity index (χ1v) is 5.63. The molecule has 90 valence electrons. The predicted octanol–water partition coefficient (Wildman–Crippen LogP) is 0.604. The van der Waals surface area contributed by atoms with Gasteiger partial charge in [0.25, 0.3) is 0 Å². The SMILES string of the molecule is CC[C@H](O)CN(CCNC(C)=O)C(C)C. The van der Waals surface area contributed by atoms with Gasteiger partial charge >= 0.3 is 0 Å². The zero-order chi connectivity index (χ0) is 11.8. The van der Waals surface area contributed by atoms with E-state index in [-0.39, 0.29) is 12.0 Å². The Morgan fingerprint density at radius 2 is 2.07 bits per heavy atom. The molecule has 15 heavy (non-hydrogen) atoms. The highest BCUT2D eigenvalue weighted by Crippen LogP contribution is 2.01. The van der Waals surface area contributed by atoms with Gasteiger partial charge in [-0.25, -0.2) is 0 Å². The Hall–Kier alpha value is -0.610. The summed E-state index contributed by atoms with van der Waals surface area (Å²) in [6.07, 6.45) is 0.494. The number of amides is 1. The standard InChI is InChI=1S/C11H24N2O2/c1-5-11(15)8-13(9(2)3)7-6-12-10(4)14/h9,11,15H,5-8H2,1-4H3,(H,12,14)/t11-/m0/s1. The molecule has 0 unspecified atom stereocenters. The minimum atomic E-state index is -0.273. The summed E-state index contributed by atoms with van der Waals surface area (Å²) in [5.74, 6) is -0.00486. The van der Waals surface area contributed by atoms with Crippen LogP contribution in [-0.4, -0.2) is 47.7 Å². The van der Waals surface area contributed by atoms with Gasteiger partial charge in [0.2, 0.25) is 5.91 Å². The van der Waals surface area contributed by atoms with E-state index in [0.717, 1.165) is 13.0 Å². The minimum Gasteiger partial charge on any atom is -0.392 e. The number of hydrogen-bond acceptors (Lipinski definition) is 3. The Balaban J connectivity index is 3.88. The molecule has 0 aromatic rings. The number of rotatable bonds is 7. The van der Waals surface area contributed by atoms with E-state index < -0.39 is 0 Å². The van der Waals surface area contributed by atoms with E-state index in [1.165, 1.54) is 6.92 Å². The molecule has 1 atom stereocenters. The molecule has 0 aliphatic carbocycles. The lowest BCUT2D eigenvalue weighted by atomic mass is 10.2. The maximum Gasteiger partial charge on any atom is 0.216 e. The number of aliphatic hydroxyl groups excluding tert-OH is 1. The monoisotopic (exact) mass is 216 g/mol. The van der Waals surface area contributed by atoms with Gasteiger partial charge in [0, 0.05) is 32.6 Å². The molecule has 0 saturated carbocycles. The molecule has 4 heteroatoms. The number of nitrogens with zero attached hydrogens (tertiary/aromatic N) is 1. The zero-order valence-corrected chi connectivity index (χ0v) is 10.3. The van der Waals surface area contributed by atoms with Crippen molar-refractivity contribution in [3.05, 3.63) is 0 Å². The third-order valence-electron chi connectivity index (χ3n) is 2.42. The van der Waals surface area contributed by atoms with Crippen molar-refractivity contribution in [2.75, 3.05) is 19.6 Å². The van der Waals surface area contributed by atoms with Crippen LogP contribution in [-0.2, 0) is 4.79 Å². The van der Waals surface area contributed by atoms with Gasteiger partial charge in [-0.1, -0.05) is 6.92 Å². The second-order valence-corrected chi connectivity index (χ2v) is 4.13. The van der Waals surface area contributed by atoms with Crippen LogP contribution in [0.2, 0.25) is 0 Å². The van der Waals surface area contributed by atoms with Gasteiger partial charge in [-0.3, -0.25) is 9.69 Å². The van der Waals surface area contributed by atoms with Crippen molar-refractivity contribution in [2.45, 2.75) is 46.3 Å². The first kappa shape index (κ1) is 14.4. The first-order chi connectivity index (χ1) is 6.97. The number of carbonyl (C=O) groups excluding carboxylic acids is 1. The number of carbonyl (C=O) groups is 1. The summed E-state index contributed by atoms with van der Waals surface area (Å²) in [5.41, 5.74) is 0. The molecule has 0 spiro atoms. The van der Waals surface area contributed by atoms with Crippen LogP contribution in [0.1, 0.15) is 34.1 Å². The van der Waals surface area contributed by atoms with Crippen molar-refractivity contribution < 1.29 is 9.90 Å². The molecule has 0 aromatic heterocycles. The van der Waals surface area contributed by atoms with Crippen LogP contribution < -0.4 is 5.32 Å². The molecule has 0 aliphatic heterocycles. The molecule has 0 heterocycles. The van der Waals surface area contributed by atoms with Crippen LogP contribution in [0.5, 0.6) is 0 Å². The molecule has 0 saturated heterocycles. The van der Waals surface area contributed by atoms with Gasteiger partial charge in [0.05, 0.1) is 6.10 Å². The van der Waals surface area contributed by atoms with E-state index in [1.54, 1.807) is 0 Å². The highest BCUT2D eigenvalue weighted by Gasteiger charge is 2.12. The normalized spacial score (nSPS) is 13.3. The van der Waals surface area contributed by atoms with Crippen LogP contribution in [0.25, 0.3) is 0 Å². The molecule has 0 aliphatic rings. The Morgan fingerprint density at radius 3 is 2.47 bits per heavy atom. The summed E-state index contributed by atoms with van der Waals surface area (Å²) < 4.78 is 0. The Bertz CT molecular complexity index is 183. The molecular formula is C11H24N2O2. The maximum atomic E-state index is 10.7. The van der Waals surface area contributed by atoms with Crippen molar-refractivity contribution in [3.8, 4) is 0 Å². The highest BCUT2D eigenvalue weighted by atomic mass is 16.3. The topological polar surface area (TPSA) is 52.6 Å². The van der Waals surface area contributed by atoms with Crippen LogP contribution >= 0.6 is 0 Å². The van der Waals surface area contributed by atoms with Crippen LogP contribution in [0.4, 0.5) is 0 Å². The second kappa shape index (κ2) is 7.65. The Labute approximate surface area is 92.7 Å². The quantitative estimate of drug-likeness (QED) is 0.655. The lowest BCUT2D eigenvalue weighted by molar-refractivity contribution is -0.119. The molecular weight excluding hydrogens is 192 g/mol. The third kappa shape index (κ3) is 7.33. The maximum absolute atomic E-state index is 10.7. The van der Waals surface area contributed by atoms with Crippen molar-refractivity contribution in [3.63, 3.8) is 0 Å². The van der Waals surface area contributed by atoms with Crippen LogP contribution in [0, 0.1) is 0 Å². The minimum absolute atomic E-state index is 0.00486. The van der Waals surface area contributed by atoms with E-state index in [2.05, 4.69) is 24.1 Å². The molecule has 2 N–H and O–H groups in total. The Morgan fingerprint density at radius 1 is 1.47 bits per heavy atom. The lowest BCUT2D eigenvalue weighted by Crippen LogP contribution is -2.42. The fraction of sp³-hybridized carbons (Fsp3) is 0.909. The average Bonchev–Trinajstić information content (AvgIpc) is 2.15. The molecule has 1 amide bonds. The van der Waals surface area contributed by atoms with Gasteiger partial charge in [-0.2, -0.15) is 0 Å². The number of nitrogens with one attached hydrogen (secondary N) is 1. The van der Waals surface area contributed by atoms with E-state index in [9.17, 15) is 9.90 Å². The van der Waals surface area contributed by atoms with Crippen molar-refractivity contribution >= 4 is 5.91 Å². The van der Waals surface area contributed by atoms with E-state index in [0.29, 0.717) is 19.1 Å². The molecule has 0 radical (unpaired) electrons. The summed E-state index contributed by atoms with van der Waals surface area (Å²) in [5, 5.41) is 12.3. The average molecular weight is 216 g/mol. The fourth-order valence-corrected chi connectivity index (χ4v) is 1.34. The van der Waals surface area contributed by atoms with Gasteiger partial charge in [-0.05, 0) is 20.3 Å². The number of hydrogen-bond donors (Lipinski definition) is 2. The summed E-state index contributed by atoms with van der Waals surface area (Å²) in [7, 11) is 0.